The normalized spacial score (nSPS) is 10.7. The summed E-state index contributed by atoms with van der Waals surface area (Å²) in [4.78, 5) is 1.60. The van der Waals surface area contributed by atoms with E-state index in [4.69, 9.17) is 0 Å². The first-order chi connectivity index (χ1) is 9.85. The molecule has 0 saturated carbocycles. The minimum absolute atomic E-state index is 0.826. The van der Waals surface area contributed by atoms with Gasteiger partial charge in [0, 0.05) is 31.2 Å². The number of aryl methyl sites for hydroxylation is 1. The lowest BCUT2D eigenvalue weighted by Crippen LogP contribution is -2.01. The summed E-state index contributed by atoms with van der Waals surface area (Å²) in [6.07, 6.45) is 7.60. The number of anilines is 1. The summed E-state index contributed by atoms with van der Waals surface area (Å²) in [6.45, 7) is 3.97. The third-order valence-corrected chi connectivity index (χ3v) is 3.19. The van der Waals surface area contributed by atoms with E-state index >= 15 is 0 Å². The van der Waals surface area contributed by atoms with Gasteiger partial charge >= 0.3 is 0 Å². The summed E-state index contributed by atoms with van der Waals surface area (Å²) in [6, 6.07) is 10.2. The summed E-state index contributed by atoms with van der Waals surface area (Å²) < 4.78 is 2.17. The van der Waals surface area contributed by atoms with Crippen molar-refractivity contribution in [1.82, 2.24) is 19.6 Å². The second kappa shape index (κ2) is 5.61. The Morgan fingerprint density at radius 3 is 2.45 bits per heavy atom. The van der Waals surface area contributed by atoms with Gasteiger partial charge in [0.05, 0.1) is 18.1 Å². The van der Waals surface area contributed by atoms with Crippen molar-refractivity contribution < 1.29 is 0 Å². The molecule has 1 N–H and O–H groups in total. The van der Waals surface area contributed by atoms with Gasteiger partial charge in [0.25, 0.3) is 0 Å². The largest absolute Gasteiger partial charge is 0.381 e. The first kappa shape index (κ1) is 12.5. The molecule has 5 heteroatoms. The van der Waals surface area contributed by atoms with E-state index in [1.807, 2.05) is 24.3 Å². The Balaban J connectivity index is 1.63. The van der Waals surface area contributed by atoms with Crippen LogP contribution in [0.1, 0.15) is 12.5 Å². The molecule has 2 aromatic heterocycles. The fourth-order valence-corrected chi connectivity index (χ4v) is 2.06. The fourth-order valence-electron chi connectivity index (χ4n) is 2.06. The molecule has 3 rings (SSSR count). The molecule has 0 atom stereocenters. The minimum Gasteiger partial charge on any atom is -0.381 e. The zero-order valence-electron chi connectivity index (χ0n) is 11.4. The Morgan fingerprint density at radius 2 is 1.80 bits per heavy atom. The van der Waals surface area contributed by atoms with Crippen LogP contribution in [0.15, 0.2) is 55.1 Å². The lowest BCUT2D eigenvalue weighted by Gasteiger charge is -2.06. The maximum absolute atomic E-state index is 4.10. The lowest BCUT2D eigenvalue weighted by atomic mass is 10.2. The van der Waals surface area contributed by atoms with E-state index in [0.717, 1.165) is 24.5 Å². The third kappa shape index (κ3) is 2.71. The number of nitrogens with one attached hydrogen (secondary N) is 1. The van der Waals surface area contributed by atoms with Crippen molar-refractivity contribution in [2.75, 3.05) is 5.32 Å². The van der Waals surface area contributed by atoms with Gasteiger partial charge in [-0.2, -0.15) is 15.0 Å². The molecule has 20 heavy (non-hydrogen) atoms. The van der Waals surface area contributed by atoms with Gasteiger partial charge in [-0.1, -0.05) is 0 Å². The van der Waals surface area contributed by atoms with Gasteiger partial charge in [0.1, 0.15) is 0 Å². The van der Waals surface area contributed by atoms with Crippen LogP contribution in [0.4, 0.5) is 5.69 Å². The van der Waals surface area contributed by atoms with E-state index in [1.165, 1.54) is 5.56 Å². The van der Waals surface area contributed by atoms with E-state index in [2.05, 4.69) is 45.5 Å². The van der Waals surface area contributed by atoms with Crippen LogP contribution in [-0.2, 0) is 13.1 Å². The summed E-state index contributed by atoms with van der Waals surface area (Å²) in [5.41, 5.74) is 3.33. The topological polar surface area (TPSA) is 47.7 Å². The average molecular weight is 267 g/mol. The molecule has 0 aliphatic heterocycles. The van der Waals surface area contributed by atoms with Gasteiger partial charge in [-0.3, -0.25) is 0 Å². The molecule has 3 aromatic rings. The van der Waals surface area contributed by atoms with Gasteiger partial charge in [-0.15, -0.1) is 0 Å². The van der Waals surface area contributed by atoms with E-state index in [9.17, 15) is 0 Å². The first-order valence-corrected chi connectivity index (χ1v) is 6.70. The smallest absolute Gasteiger partial charge is 0.0858 e. The van der Waals surface area contributed by atoms with Crippen LogP contribution >= 0.6 is 0 Å². The molecule has 0 unspecified atom stereocenters. The molecule has 0 saturated heterocycles. The van der Waals surface area contributed by atoms with Gasteiger partial charge in [0.2, 0.25) is 0 Å². The van der Waals surface area contributed by atoms with Crippen LogP contribution in [0.5, 0.6) is 0 Å². The van der Waals surface area contributed by atoms with E-state index in [1.54, 1.807) is 17.2 Å². The molecule has 102 valence electrons. The second-order valence-corrected chi connectivity index (χ2v) is 4.57. The van der Waals surface area contributed by atoms with Crippen LogP contribution in [0.2, 0.25) is 0 Å². The number of benzene rings is 1. The van der Waals surface area contributed by atoms with Crippen molar-refractivity contribution in [2.24, 2.45) is 0 Å². The third-order valence-electron chi connectivity index (χ3n) is 3.19. The highest BCUT2D eigenvalue weighted by Crippen LogP contribution is 2.13. The van der Waals surface area contributed by atoms with Gasteiger partial charge < -0.3 is 9.88 Å². The Hall–Kier alpha value is -2.56. The summed E-state index contributed by atoms with van der Waals surface area (Å²) in [5.74, 6) is 0. The van der Waals surface area contributed by atoms with Crippen molar-refractivity contribution in [3.05, 3.63) is 60.7 Å². The molecule has 1 aromatic carbocycles. The van der Waals surface area contributed by atoms with Crippen LogP contribution in [0, 0.1) is 0 Å². The molecule has 0 spiro atoms. The summed E-state index contributed by atoms with van der Waals surface area (Å²) in [5, 5.41) is 11.6. The molecule has 0 aliphatic carbocycles. The SMILES string of the molecule is CCn1ccc(CNc2ccc(-n3nccn3)cc2)c1. The molecule has 0 aliphatic rings. The Bertz CT molecular complexity index is 652. The number of rotatable bonds is 5. The average Bonchev–Trinajstić information content (AvgIpc) is 3.17. The molecule has 2 heterocycles. The molecule has 5 nitrogen and oxygen atoms in total. The van der Waals surface area contributed by atoms with Gasteiger partial charge in [0.15, 0.2) is 0 Å². The molecule has 0 radical (unpaired) electrons. The van der Waals surface area contributed by atoms with E-state index in [-0.39, 0.29) is 0 Å². The standard InChI is InChI=1S/C15H17N5/c1-2-19-10-7-13(12-19)11-16-14-3-5-15(6-4-14)20-17-8-9-18-20/h3-10,12,16H,2,11H2,1H3. The highest BCUT2D eigenvalue weighted by Gasteiger charge is 1.99. The van der Waals surface area contributed by atoms with Crippen LogP contribution in [0.3, 0.4) is 0 Å². The Kier molecular flexibility index (Phi) is 3.50. The first-order valence-electron chi connectivity index (χ1n) is 6.70. The minimum atomic E-state index is 0.826. The number of hydrogen-bond acceptors (Lipinski definition) is 3. The molecule has 0 fully saturated rings. The highest BCUT2D eigenvalue weighted by molar-refractivity contribution is 5.48. The quantitative estimate of drug-likeness (QED) is 0.773. The molecule has 0 amide bonds. The van der Waals surface area contributed by atoms with Crippen LogP contribution in [-0.4, -0.2) is 19.6 Å². The van der Waals surface area contributed by atoms with Gasteiger partial charge in [-0.05, 0) is 42.8 Å². The second-order valence-electron chi connectivity index (χ2n) is 4.57. The zero-order chi connectivity index (χ0) is 13.8. The predicted molar refractivity (Wildman–Crippen MR) is 78.8 cm³/mol. The van der Waals surface area contributed by atoms with Crippen molar-refractivity contribution in [2.45, 2.75) is 20.0 Å². The fraction of sp³-hybridized carbons (Fsp3) is 0.200. The monoisotopic (exact) mass is 267 g/mol. The lowest BCUT2D eigenvalue weighted by molar-refractivity contribution is 0.752. The molecule has 0 bridgehead atoms. The van der Waals surface area contributed by atoms with Crippen molar-refractivity contribution >= 4 is 5.69 Å². The Labute approximate surface area is 117 Å². The predicted octanol–water partition coefficient (Wildman–Crippen LogP) is 2.70. The summed E-state index contributed by atoms with van der Waals surface area (Å²) in [7, 11) is 0. The zero-order valence-corrected chi connectivity index (χ0v) is 11.4. The Morgan fingerprint density at radius 1 is 1.05 bits per heavy atom. The molecular weight excluding hydrogens is 250 g/mol. The van der Waals surface area contributed by atoms with Gasteiger partial charge in [-0.25, -0.2) is 0 Å². The van der Waals surface area contributed by atoms with E-state index in [0.29, 0.717) is 0 Å². The van der Waals surface area contributed by atoms with Crippen LogP contribution in [0.25, 0.3) is 5.69 Å². The van der Waals surface area contributed by atoms with Crippen molar-refractivity contribution in [1.29, 1.82) is 0 Å². The number of hydrogen-bond donors (Lipinski definition) is 1. The van der Waals surface area contributed by atoms with Crippen molar-refractivity contribution in [3.63, 3.8) is 0 Å². The maximum Gasteiger partial charge on any atom is 0.0858 e. The van der Waals surface area contributed by atoms with Crippen LogP contribution < -0.4 is 5.32 Å². The maximum atomic E-state index is 4.10. The molecular formula is C15H17N5. The van der Waals surface area contributed by atoms with Crippen molar-refractivity contribution in [3.8, 4) is 5.69 Å². The number of nitrogens with zero attached hydrogens (tertiary/aromatic N) is 4. The highest BCUT2D eigenvalue weighted by atomic mass is 15.5. The van der Waals surface area contributed by atoms with E-state index < -0.39 is 0 Å². The number of aromatic nitrogens is 4. The summed E-state index contributed by atoms with van der Waals surface area (Å²) >= 11 is 0.